The van der Waals surface area contributed by atoms with Crippen LogP contribution < -0.4 is 11.1 Å². The van der Waals surface area contributed by atoms with Crippen molar-refractivity contribution in [2.75, 3.05) is 5.32 Å². The van der Waals surface area contributed by atoms with Gasteiger partial charge in [-0.15, -0.1) is 10.2 Å². The van der Waals surface area contributed by atoms with Gasteiger partial charge in [0, 0.05) is 16.9 Å². The highest BCUT2D eigenvalue weighted by Crippen LogP contribution is 2.34. The van der Waals surface area contributed by atoms with E-state index in [1.807, 2.05) is 24.3 Å². The first kappa shape index (κ1) is 17.9. The maximum Gasteiger partial charge on any atom is 0.241 e. The fraction of sp³-hybridized carbons (Fsp3) is 0.176. The Balaban J connectivity index is 1.85. The number of tetrazole rings is 1. The molecule has 0 aliphatic rings. The Kier molecular flexibility index (Phi) is 4.95. The smallest absolute Gasteiger partial charge is 0.241 e. The van der Waals surface area contributed by atoms with Gasteiger partial charge in [-0.1, -0.05) is 33.5 Å². The lowest BCUT2D eigenvalue weighted by Gasteiger charge is -2.15. The molecule has 134 valence electrons. The molecule has 26 heavy (non-hydrogen) atoms. The summed E-state index contributed by atoms with van der Waals surface area (Å²) >= 11 is 0. The molecule has 1 aromatic heterocycles. The van der Waals surface area contributed by atoms with Gasteiger partial charge in [0.05, 0.1) is 0 Å². The fourth-order valence-corrected chi connectivity index (χ4v) is 2.57. The lowest BCUT2D eigenvalue weighted by molar-refractivity contribution is -0.118. The summed E-state index contributed by atoms with van der Waals surface area (Å²) in [5.74, 6) is -0.179. The van der Waals surface area contributed by atoms with Gasteiger partial charge in [-0.3, -0.25) is 4.79 Å². The van der Waals surface area contributed by atoms with Gasteiger partial charge in [0.25, 0.3) is 0 Å². The Morgan fingerprint density at radius 2 is 1.96 bits per heavy atom. The lowest BCUT2D eigenvalue weighted by atomic mass is 10.1. The van der Waals surface area contributed by atoms with E-state index in [0.717, 1.165) is 16.2 Å². The van der Waals surface area contributed by atoms with Crippen molar-refractivity contribution < 1.29 is 9.18 Å². The Morgan fingerprint density at radius 1 is 1.27 bits per heavy atom. The number of carbonyl (C=O) groups excluding carboxylic acids is 1. The van der Waals surface area contributed by atoms with Crippen molar-refractivity contribution in [3.05, 3.63) is 54.1 Å². The molecular weight excluding hydrogens is 354 g/mol. The summed E-state index contributed by atoms with van der Waals surface area (Å²) in [6.45, 7) is 1.34. The fourth-order valence-electron chi connectivity index (χ4n) is 2.38. The number of hydrogen-bond donors (Lipinski definition) is 2. The van der Waals surface area contributed by atoms with Crippen molar-refractivity contribution in [3.63, 3.8) is 0 Å². The average Bonchev–Trinajstić information content (AvgIpc) is 3.02. The van der Waals surface area contributed by atoms with E-state index in [0.29, 0.717) is 17.0 Å². The topological polar surface area (TPSA) is 98.7 Å². The molecule has 0 aliphatic carbocycles. The Labute approximate surface area is 152 Å². The summed E-state index contributed by atoms with van der Waals surface area (Å²) in [6.07, 6.45) is 0. The van der Waals surface area contributed by atoms with E-state index in [1.165, 1.54) is 6.92 Å². The van der Waals surface area contributed by atoms with Gasteiger partial charge in [-0.05, 0) is 42.0 Å². The SMILES string of the molecule is CC(F)(P)c1ccc(Nc2ccccc2-c2nnn(CC(N)=O)n2)cc1. The van der Waals surface area contributed by atoms with E-state index in [-0.39, 0.29) is 6.54 Å². The Morgan fingerprint density at radius 3 is 2.62 bits per heavy atom. The van der Waals surface area contributed by atoms with Crippen LogP contribution in [0.4, 0.5) is 15.8 Å². The van der Waals surface area contributed by atoms with Crippen LogP contribution in [0, 0.1) is 0 Å². The number of anilines is 2. The number of para-hydroxylation sites is 1. The normalized spacial score (nSPS) is 13.2. The van der Waals surface area contributed by atoms with Gasteiger partial charge >= 0.3 is 0 Å². The van der Waals surface area contributed by atoms with Crippen LogP contribution in [0.25, 0.3) is 11.4 Å². The summed E-state index contributed by atoms with van der Waals surface area (Å²) in [6, 6.07) is 14.5. The van der Waals surface area contributed by atoms with Crippen molar-refractivity contribution in [3.8, 4) is 11.4 Å². The predicted molar refractivity (Wildman–Crippen MR) is 100 cm³/mol. The monoisotopic (exact) mass is 372 g/mol. The number of hydrogen-bond acceptors (Lipinski definition) is 5. The highest BCUT2D eigenvalue weighted by Gasteiger charge is 2.18. The van der Waals surface area contributed by atoms with E-state index >= 15 is 0 Å². The quantitative estimate of drug-likeness (QED) is 0.648. The molecule has 1 amide bonds. The van der Waals surface area contributed by atoms with E-state index in [2.05, 4.69) is 30.0 Å². The number of nitrogens with two attached hydrogens (primary N) is 1. The Bertz CT molecular complexity index is 920. The number of carbonyl (C=O) groups is 1. The van der Waals surface area contributed by atoms with Crippen LogP contribution in [0.2, 0.25) is 0 Å². The third-order valence-electron chi connectivity index (χ3n) is 3.65. The minimum absolute atomic E-state index is 0.138. The number of benzene rings is 2. The molecule has 0 bridgehead atoms. The summed E-state index contributed by atoms with van der Waals surface area (Å²) in [5.41, 5.74) is 7.97. The summed E-state index contributed by atoms with van der Waals surface area (Å²) < 4.78 is 13.9. The number of alkyl halides is 1. The molecule has 2 unspecified atom stereocenters. The molecular formula is C17H18FN6OP. The maximum atomic E-state index is 13.9. The first-order valence-electron chi connectivity index (χ1n) is 7.84. The third-order valence-corrected chi connectivity index (χ3v) is 3.98. The van der Waals surface area contributed by atoms with Crippen molar-refractivity contribution in [2.24, 2.45) is 5.73 Å². The van der Waals surface area contributed by atoms with Crippen LogP contribution in [0.3, 0.4) is 0 Å². The number of aromatic nitrogens is 4. The Hall–Kier alpha value is -2.86. The molecule has 0 saturated carbocycles. The van der Waals surface area contributed by atoms with E-state index < -0.39 is 11.3 Å². The zero-order valence-electron chi connectivity index (χ0n) is 14.1. The van der Waals surface area contributed by atoms with E-state index in [1.54, 1.807) is 24.3 Å². The van der Waals surface area contributed by atoms with Gasteiger partial charge in [0.1, 0.15) is 12.0 Å². The van der Waals surface area contributed by atoms with E-state index in [4.69, 9.17) is 5.73 Å². The van der Waals surface area contributed by atoms with Gasteiger partial charge in [-0.2, -0.15) is 4.80 Å². The summed E-state index contributed by atoms with van der Waals surface area (Å²) in [7, 11) is 2.17. The van der Waals surface area contributed by atoms with E-state index in [9.17, 15) is 9.18 Å². The molecule has 3 aromatic rings. The number of nitrogens with one attached hydrogen (secondary N) is 1. The molecule has 7 nitrogen and oxygen atoms in total. The maximum absolute atomic E-state index is 13.9. The van der Waals surface area contributed by atoms with Crippen LogP contribution in [0.1, 0.15) is 12.5 Å². The molecule has 3 N–H and O–H groups in total. The molecule has 3 rings (SSSR count). The first-order chi connectivity index (χ1) is 12.3. The number of halogens is 1. The second-order valence-electron chi connectivity index (χ2n) is 5.93. The minimum Gasteiger partial charge on any atom is -0.368 e. The zero-order chi connectivity index (χ0) is 18.7. The summed E-state index contributed by atoms with van der Waals surface area (Å²) in [4.78, 5) is 12.1. The van der Waals surface area contributed by atoms with Gasteiger partial charge in [0.2, 0.25) is 11.7 Å². The third kappa shape index (κ3) is 4.21. The highest BCUT2D eigenvalue weighted by molar-refractivity contribution is 7.18. The van der Waals surface area contributed by atoms with Crippen LogP contribution in [0.5, 0.6) is 0 Å². The average molecular weight is 372 g/mol. The van der Waals surface area contributed by atoms with Gasteiger partial charge in [-0.25, -0.2) is 4.39 Å². The number of rotatable bonds is 6. The number of amides is 1. The highest BCUT2D eigenvalue weighted by atomic mass is 31.0. The molecule has 0 fully saturated rings. The lowest BCUT2D eigenvalue weighted by Crippen LogP contribution is -2.20. The van der Waals surface area contributed by atoms with Crippen LogP contribution in [-0.4, -0.2) is 26.1 Å². The standard InChI is InChI=1S/C17H18FN6OP/c1-17(18,26)11-6-8-12(9-7-11)20-14-5-3-2-4-13(14)16-21-23-24(22-16)10-15(19)25/h2-9,20H,10,26H2,1H3,(H2,19,25). The second-order valence-corrected chi connectivity index (χ2v) is 7.02. The molecule has 1 heterocycles. The molecule has 2 atom stereocenters. The largest absolute Gasteiger partial charge is 0.368 e. The van der Waals surface area contributed by atoms with Crippen molar-refractivity contribution >= 4 is 26.5 Å². The molecule has 0 aliphatic heterocycles. The predicted octanol–water partition coefficient (Wildman–Crippen LogP) is 2.59. The zero-order valence-corrected chi connectivity index (χ0v) is 15.2. The van der Waals surface area contributed by atoms with Crippen LogP contribution in [0.15, 0.2) is 48.5 Å². The molecule has 9 heteroatoms. The molecule has 0 radical (unpaired) electrons. The number of primary amides is 1. The van der Waals surface area contributed by atoms with Crippen LogP contribution in [-0.2, 0) is 16.7 Å². The molecule has 2 aromatic carbocycles. The summed E-state index contributed by atoms with van der Waals surface area (Å²) in [5, 5.41) is 13.8. The van der Waals surface area contributed by atoms with Crippen LogP contribution >= 0.6 is 9.24 Å². The van der Waals surface area contributed by atoms with Crippen molar-refractivity contribution in [1.82, 2.24) is 20.2 Å². The minimum atomic E-state index is -1.47. The molecule has 0 spiro atoms. The van der Waals surface area contributed by atoms with Gasteiger partial charge < -0.3 is 11.1 Å². The number of nitrogens with zero attached hydrogens (tertiary/aromatic N) is 4. The molecule has 0 saturated heterocycles. The second kappa shape index (κ2) is 7.17. The van der Waals surface area contributed by atoms with Crippen molar-refractivity contribution in [1.29, 1.82) is 0 Å². The van der Waals surface area contributed by atoms with Gasteiger partial charge in [0.15, 0.2) is 0 Å². The van der Waals surface area contributed by atoms with Crippen molar-refractivity contribution in [2.45, 2.75) is 18.9 Å². The first-order valence-corrected chi connectivity index (χ1v) is 8.41.